The van der Waals surface area contributed by atoms with E-state index in [1.165, 1.54) is 5.56 Å². The van der Waals surface area contributed by atoms with E-state index in [1.54, 1.807) is 12.1 Å². The maximum atomic E-state index is 11.5. The lowest BCUT2D eigenvalue weighted by Crippen LogP contribution is -2.07. The minimum Gasteiger partial charge on any atom is -0.385 e. The Morgan fingerprint density at radius 1 is 1.17 bits per heavy atom. The van der Waals surface area contributed by atoms with Gasteiger partial charge in [-0.1, -0.05) is 32.0 Å². The molecule has 3 N–H and O–H groups in total. The Hall–Kier alpha value is -2.03. The highest BCUT2D eigenvalue weighted by atomic mass is 16.1. The number of anilines is 1. The molecular weight excluding hydrogens is 224 g/mol. The lowest BCUT2D eigenvalue weighted by Gasteiger charge is -2.11. The van der Waals surface area contributed by atoms with Gasteiger partial charge in [0.25, 0.3) is 0 Å². The summed E-state index contributed by atoms with van der Waals surface area (Å²) in [6.45, 7) is 6.35. The van der Waals surface area contributed by atoms with Gasteiger partial charge >= 0.3 is 0 Å². The van der Waals surface area contributed by atoms with Gasteiger partial charge in [0.15, 0.2) is 0 Å². The van der Waals surface area contributed by atoms with E-state index in [0.717, 1.165) is 16.7 Å². The first kappa shape index (κ1) is 12.4. The zero-order valence-electron chi connectivity index (χ0n) is 10.9. The Morgan fingerprint density at radius 2 is 1.89 bits per heavy atom. The standard InChI is InChI=1S/C15H18N2O/c1-9(2)11-5-4-10(3)13(6-11)12-7-14(16)17-15(18)8-12/h4-9H,1-3H3,(H3,16,17,18). The summed E-state index contributed by atoms with van der Waals surface area (Å²) in [6.07, 6.45) is 0. The second-order valence-corrected chi connectivity index (χ2v) is 4.92. The van der Waals surface area contributed by atoms with E-state index in [1.807, 2.05) is 6.92 Å². The molecule has 1 aromatic heterocycles. The summed E-state index contributed by atoms with van der Waals surface area (Å²) in [5, 5.41) is 0. The highest BCUT2D eigenvalue weighted by Crippen LogP contribution is 2.27. The van der Waals surface area contributed by atoms with E-state index in [4.69, 9.17) is 5.73 Å². The summed E-state index contributed by atoms with van der Waals surface area (Å²) in [5.41, 5.74) is 9.86. The summed E-state index contributed by atoms with van der Waals surface area (Å²) in [7, 11) is 0. The monoisotopic (exact) mass is 242 g/mol. The Balaban J connectivity index is 2.62. The molecule has 0 radical (unpaired) electrons. The molecule has 0 amide bonds. The Bertz CT molecular complexity index is 627. The van der Waals surface area contributed by atoms with Crippen LogP contribution in [0.5, 0.6) is 0 Å². The van der Waals surface area contributed by atoms with Crippen molar-refractivity contribution in [1.29, 1.82) is 0 Å². The smallest absolute Gasteiger partial charge is 0.250 e. The van der Waals surface area contributed by atoms with Crippen molar-refractivity contribution < 1.29 is 0 Å². The number of pyridine rings is 1. The molecule has 2 aromatic rings. The van der Waals surface area contributed by atoms with Crippen LogP contribution in [-0.2, 0) is 0 Å². The number of hydrogen-bond acceptors (Lipinski definition) is 2. The number of rotatable bonds is 2. The van der Waals surface area contributed by atoms with E-state index in [0.29, 0.717) is 11.7 Å². The zero-order valence-corrected chi connectivity index (χ0v) is 10.9. The largest absolute Gasteiger partial charge is 0.385 e. The van der Waals surface area contributed by atoms with Crippen molar-refractivity contribution in [1.82, 2.24) is 4.98 Å². The first-order chi connectivity index (χ1) is 8.47. The van der Waals surface area contributed by atoms with Gasteiger partial charge in [-0.05, 0) is 41.2 Å². The highest BCUT2D eigenvalue weighted by molar-refractivity contribution is 5.69. The lowest BCUT2D eigenvalue weighted by molar-refractivity contribution is 0.866. The molecule has 3 nitrogen and oxygen atoms in total. The number of nitrogens with one attached hydrogen (secondary N) is 1. The molecule has 1 aromatic carbocycles. The van der Waals surface area contributed by atoms with Gasteiger partial charge in [0.05, 0.1) is 0 Å². The van der Waals surface area contributed by atoms with Gasteiger partial charge in [-0.15, -0.1) is 0 Å². The average molecular weight is 242 g/mol. The first-order valence-electron chi connectivity index (χ1n) is 6.08. The van der Waals surface area contributed by atoms with Crippen LogP contribution in [0.25, 0.3) is 11.1 Å². The van der Waals surface area contributed by atoms with E-state index in [-0.39, 0.29) is 5.56 Å². The Morgan fingerprint density at radius 3 is 2.50 bits per heavy atom. The molecule has 0 saturated heterocycles. The average Bonchev–Trinajstić information content (AvgIpc) is 2.27. The fourth-order valence-corrected chi connectivity index (χ4v) is 2.03. The summed E-state index contributed by atoms with van der Waals surface area (Å²) >= 11 is 0. The van der Waals surface area contributed by atoms with Crippen LogP contribution in [0.3, 0.4) is 0 Å². The van der Waals surface area contributed by atoms with E-state index < -0.39 is 0 Å². The number of benzene rings is 1. The fraction of sp³-hybridized carbons (Fsp3) is 0.267. The van der Waals surface area contributed by atoms with Crippen molar-refractivity contribution in [3.63, 3.8) is 0 Å². The summed E-state index contributed by atoms with van der Waals surface area (Å²) < 4.78 is 0. The number of aryl methyl sites for hydroxylation is 1. The molecule has 0 saturated carbocycles. The number of aromatic nitrogens is 1. The van der Waals surface area contributed by atoms with E-state index in [9.17, 15) is 4.79 Å². The number of nitrogen functional groups attached to an aromatic ring is 1. The third-order valence-corrected chi connectivity index (χ3v) is 3.10. The van der Waals surface area contributed by atoms with Crippen LogP contribution >= 0.6 is 0 Å². The van der Waals surface area contributed by atoms with Crippen LogP contribution < -0.4 is 11.3 Å². The van der Waals surface area contributed by atoms with Crippen LogP contribution in [0, 0.1) is 6.92 Å². The quantitative estimate of drug-likeness (QED) is 0.850. The van der Waals surface area contributed by atoms with Gasteiger partial charge in [-0.3, -0.25) is 4.79 Å². The molecule has 0 bridgehead atoms. The van der Waals surface area contributed by atoms with Gasteiger partial charge in [0.2, 0.25) is 5.56 Å². The number of nitrogens with two attached hydrogens (primary N) is 1. The molecule has 0 aliphatic carbocycles. The molecular formula is C15H18N2O. The minimum absolute atomic E-state index is 0.167. The second-order valence-electron chi connectivity index (χ2n) is 4.92. The number of hydrogen-bond donors (Lipinski definition) is 2. The maximum absolute atomic E-state index is 11.5. The van der Waals surface area contributed by atoms with Gasteiger partial charge < -0.3 is 10.7 Å². The van der Waals surface area contributed by atoms with Crippen LogP contribution in [0.15, 0.2) is 35.1 Å². The van der Waals surface area contributed by atoms with Crippen LogP contribution in [0.4, 0.5) is 5.82 Å². The molecule has 0 aliphatic heterocycles. The minimum atomic E-state index is -0.167. The number of aromatic amines is 1. The van der Waals surface area contributed by atoms with Gasteiger partial charge in [-0.25, -0.2) is 0 Å². The maximum Gasteiger partial charge on any atom is 0.250 e. The Labute approximate surface area is 107 Å². The molecule has 94 valence electrons. The third kappa shape index (κ3) is 2.45. The first-order valence-corrected chi connectivity index (χ1v) is 6.08. The van der Waals surface area contributed by atoms with Crippen molar-refractivity contribution in [2.45, 2.75) is 26.7 Å². The topological polar surface area (TPSA) is 58.9 Å². The fourth-order valence-electron chi connectivity index (χ4n) is 2.03. The molecule has 0 atom stereocenters. The summed E-state index contributed by atoms with van der Waals surface area (Å²) in [6, 6.07) is 9.73. The molecule has 0 fully saturated rings. The van der Waals surface area contributed by atoms with Crippen molar-refractivity contribution in [2.75, 3.05) is 5.73 Å². The predicted molar refractivity (Wildman–Crippen MR) is 75.7 cm³/mol. The van der Waals surface area contributed by atoms with Crippen LogP contribution in [0.1, 0.15) is 30.9 Å². The molecule has 3 heteroatoms. The van der Waals surface area contributed by atoms with Crippen LogP contribution in [0.2, 0.25) is 0 Å². The molecule has 0 unspecified atom stereocenters. The van der Waals surface area contributed by atoms with Gasteiger partial charge in [0.1, 0.15) is 5.82 Å². The molecule has 1 heterocycles. The van der Waals surface area contributed by atoms with Gasteiger partial charge in [-0.2, -0.15) is 0 Å². The molecule has 2 rings (SSSR count). The third-order valence-electron chi connectivity index (χ3n) is 3.10. The summed E-state index contributed by atoms with van der Waals surface area (Å²) in [5.74, 6) is 0.857. The molecule has 0 aliphatic rings. The van der Waals surface area contributed by atoms with Gasteiger partial charge in [0, 0.05) is 6.07 Å². The lowest BCUT2D eigenvalue weighted by atomic mass is 9.94. The second kappa shape index (κ2) is 4.69. The SMILES string of the molecule is Cc1ccc(C(C)C)cc1-c1cc(N)[nH]c(=O)c1. The van der Waals surface area contributed by atoms with E-state index >= 15 is 0 Å². The van der Waals surface area contributed by atoms with Crippen molar-refractivity contribution in [2.24, 2.45) is 0 Å². The van der Waals surface area contributed by atoms with Crippen molar-refractivity contribution >= 4 is 5.82 Å². The van der Waals surface area contributed by atoms with Crippen molar-refractivity contribution in [3.8, 4) is 11.1 Å². The normalized spacial score (nSPS) is 10.9. The molecule has 0 spiro atoms. The highest BCUT2D eigenvalue weighted by Gasteiger charge is 2.07. The van der Waals surface area contributed by atoms with Crippen LogP contribution in [-0.4, -0.2) is 4.98 Å². The van der Waals surface area contributed by atoms with Crippen molar-refractivity contribution in [3.05, 3.63) is 51.8 Å². The zero-order chi connectivity index (χ0) is 13.3. The summed E-state index contributed by atoms with van der Waals surface area (Å²) in [4.78, 5) is 14.0. The van der Waals surface area contributed by atoms with E-state index in [2.05, 4.69) is 37.0 Å². The Kier molecular flexibility index (Phi) is 3.24. The molecule has 18 heavy (non-hydrogen) atoms. The predicted octanol–water partition coefficient (Wildman–Crippen LogP) is 3.06. The number of H-pyrrole nitrogens is 1.